The van der Waals surface area contributed by atoms with E-state index in [4.69, 9.17) is 0 Å². The third-order valence-corrected chi connectivity index (χ3v) is 5.73. The number of benzene rings is 2. The Hall–Kier alpha value is -2.52. The summed E-state index contributed by atoms with van der Waals surface area (Å²) in [5, 5.41) is 2.72. The van der Waals surface area contributed by atoms with Crippen LogP contribution in [0.3, 0.4) is 0 Å². The van der Waals surface area contributed by atoms with Crippen LogP contribution in [-0.4, -0.2) is 56.1 Å². The molecule has 2 aromatic carbocycles. The SMILES string of the molecule is CN(C(=O)Nc1ccc(-c2cc(F)cc(F)c2)cc1)C1CN(S(C)(=O)=O)C1. The van der Waals surface area contributed by atoms with Crippen molar-refractivity contribution < 1.29 is 22.0 Å². The standard InChI is InChI=1S/C18H19F2N3O3S/c1-22(17-10-23(11-17)27(2,25)26)18(24)21-16-5-3-12(4-6-16)13-7-14(19)9-15(20)8-13/h3-9,17H,10-11H2,1-2H3,(H,21,24). The van der Waals surface area contributed by atoms with Crippen molar-refractivity contribution in [3.8, 4) is 11.1 Å². The van der Waals surface area contributed by atoms with Crippen LogP contribution < -0.4 is 5.32 Å². The number of nitrogens with one attached hydrogen (secondary N) is 1. The molecule has 2 amide bonds. The zero-order valence-electron chi connectivity index (χ0n) is 14.8. The highest BCUT2D eigenvalue weighted by Crippen LogP contribution is 2.24. The Morgan fingerprint density at radius 3 is 2.15 bits per heavy atom. The Balaban J connectivity index is 1.62. The normalized spacial score (nSPS) is 15.3. The maximum Gasteiger partial charge on any atom is 0.321 e. The van der Waals surface area contributed by atoms with Gasteiger partial charge in [-0.25, -0.2) is 22.0 Å². The van der Waals surface area contributed by atoms with E-state index in [2.05, 4.69) is 5.32 Å². The zero-order chi connectivity index (χ0) is 19.8. The van der Waals surface area contributed by atoms with Gasteiger partial charge < -0.3 is 10.2 Å². The molecule has 0 saturated carbocycles. The van der Waals surface area contributed by atoms with E-state index in [1.165, 1.54) is 21.3 Å². The summed E-state index contributed by atoms with van der Waals surface area (Å²) in [6, 6.07) is 9.28. The minimum atomic E-state index is -3.23. The number of hydrogen-bond acceptors (Lipinski definition) is 3. The predicted molar refractivity (Wildman–Crippen MR) is 98.8 cm³/mol. The molecule has 0 spiro atoms. The molecule has 0 atom stereocenters. The van der Waals surface area contributed by atoms with E-state index in [9.17, 15) is 22.0 Å². The van der Waals surface area contributed by atoms with Crippen LogP contribution in [0.4, 0.5) is 19.3 Å². The highest BCUT2D eigenvalue weighted by molar-refractivity contribution is 7.88. The summed E-state index contributed by atoms with van der Waals surface area (Å²) in [5.41, 5.74) is 1.53. The Kier molecular flexibility index (Phi) is 5.16. The Bertz CT molecular complexity index is 938. The lowest BCUT2D eigenvalue weighted by Gasteiger charge is -2.42. The molecule has 0 unspecified atom stereocenters. The maximum atomic E-state index is 13.3. The van der Waals surface area contributed by atoms with Crippen LogP contribution in [0, 0.1) is 11.6 Å². The lowest BCUT2D eigenvalue weighted by atomic mass is 10.1. The molecule has 9 heteroatoms. The molecule has 2 aromatic rings. The molecule has 1 saturated heterocycles. The zero-order valence-corrected chi connectivity index (χ0v) is 15.6. The van der Waals surface area contributed by atoms with Gasteiger partial charge in [0.2, 0.25) is 10.0 Å². The topological polar surface area (TPSA) is 69.7 Å². The molecule has 3 rings (SSSR count). The highest BCUT2D eigenvalue weighted by Gasteiger charge is 2.37. The second-order valence-electron chi connectivity index (χ2n) is 6.51. The number of carbonyl (C=O) groups is 1. The number of sulfonamides is 1. The summed E-state index contributed by atoms with van der Waals surface area (Å²) in [6.07, 6.45) is 1.13. The molecule has 1 aliphatic heterocycles. The fourth-order valence-corrected chi connectivity index (χ4v) is 3.66. The van der Waals surface area contributed by atoms with E-state index in [-0.39, 0.29) is 25.2 Å². The Morgan fingerprint density at radius 2 is 1.63 bits per heavy atom. The van der Waals surface area contributed by atoms with Crippen molar-refractivity contribution >= 4 is 21.7 Å². The minimum absolute atomic E-state index is 0.186. The third-order valence-electron chi connectivity index (χ3n) is 4.50. The van der Waals surface area contributed by atoms with Crippen molar-refractivity contribution in [2.24, 2.45) is 0 Å². The summed E-state index contributed by atoms with van der Waals surface area (Å²) in [6.45, 7) is 0.541. The molecule has 0 aliphatic carbocycles. The summed E-state index contributed by atoms with van der Waals surface area (Å²) in [4.78, 5) is 13.8. The minimum Gasteiger partial charge on any atom is -0.322 e. The fourth-order valence-electron chi connectivity index (χ4n) is 2.78. The summed E-state index contributed by atoms with van der Waals surface area (Å²) in [5.74, 6) is -1.32. The van der Waals surface area contributed by atoms with Gasteiger partial charge in [0.15, 0.2) is 0 Å². The first-order valence-electron chi connectivity index (χ1n) is 8.19. The molecular formula is C18H19F2N3O3S. The smallest absolute Gasteiger partial charge is 0.321 e. The van der Waals surface area contributed by atoms with Gasteiger partial charge in [-0.3, -0.25) is 0 Å². The van der Waals surface area contributed by atoms with Crippen LogP contribution in [-0.2, 0) is 10.0 Å². The van der Waals surface area contributed by atoms with Crippen LogP contribution >= 0.6 is 0 Å². The molecule has 0 radical (unpaired) electrons. The van der Waals surface area contributed by atoms with E-state index in [0.717, 1.165) is 12.3 Å². The number of nitrogens with zero attached hydrogens (tertiary/aromatic N) is 2. The molecule has 1 N–H and O–H groups in total. The van der Waals surface area contributed by atoms with Gasteiger partial charge in [0, 0.05) is 31.9 Å². The van der Waals surface area contributed by atoms with E-state index in [1.807, 2.05) is 0 Å². The molecular weight excluding hydrogens is 376 g/mol. The molecule has 6 nitrogen and oxygen atoms in total. The summed E-state index contributed by atoms with van der Waals surface area (Å²) >= 11 is 0. The number of anilines is 1. The van der Waals surface area contributed by atoms with Crippen molar-refractivity contribution in [1.29, 1.82) is 0 Å². The molecule has 1 fully saturated rings. The first-order chi connectivity index (χ1) is 12.6. The molecule has 144 valence electrons. The van der Waals surface area contributed by atoms with Crippen LogP contribution in [0.15, 0.2) is 42.5 Å². The van der Waals surface area contributed by atoms with Gasteiger partial charge in [0.05, 0.1) is 12.3 Å². The summed E-state index contributed by atoms with van der Waals surface area (Å²) < 4.78 is 50.7. The van der Waals surface area contributed by atoms with E-state index >= 15 is 0 Å². The first-order valence-corrected chi connectivity index (χ1v) is 10.0. The van der Waals surface area contributed by atoms with Gasteiger partial charge in [-0.05, 0) is 35.4 Å². The number of halogens is 2. The van der Waals surface area contributed by atoms with Crippen LogP contribution in [0.2, 0.25) is 0 Å². The molecule has 27 heavy (non-hydrogen) atoms. The maximum absolute atomic E-state index is 13.3. The van der Waals surface area contributed by atoms with Crippen molar-refractivity contribution in [3.05, 3.63) is 54.1 Å². The van der Waals surface area contributed by atoms with Gasteiger partial charge in [-0.1, -0.05) is 12.1 Å². The molecule has 1 heterocycles. The Labute approximate surface area is 156 Å². The molecule has 0 aromatic heterocycles. The second-order valence-corrected chi connectivity index (χ2v) is 8.49. The van der Waals surface area contributed by atoms with E-state index < -0.39 is 21.7 Å². The number of amides is 2. The van der Waals surface area contributed by atoms with E-state index in [1.54, 1.807) is 31.3 Å². The third kappa shape index (κ3) is 4.42. The van der Waals surface area contributed by atoms with Gasteiger partial charge in [-0.2, -0.15) is 4.31 Å². The fraction of sp³-hybridized carbons (Fsp3) is 0.278. The number of carbonyl (C=O) groups excluding carboxylic acids is 1. The molecule has 0 bridgehead atoms. The van der Waals surface area contributed by atoms with Crippen LogP contribution in [0.5, 0.6) is 0 Å². The highest BCUT2D eigenvalue weighted by atomic mass is 32.2. The Morgan fingerprint density at radius 1 is 1.07 bits per heavy atom. The van der Waals surface area contributed by atoms with Gasteiger partial charge in [-0.15, -0.1) is 0 Å². The lowest BCUT2D eigenvalue weighted by molar-refractivity contribution is 0.132. The quantitative estimate of drug-likeness (QED) is 0.866. The molecule has 1 aliphatic rings. The lowest BCUT2D eigenvalue weighted by Crippen LogP contribution is -2.61. The monoisotopic (exact) mass is 395 g/mol. The largest absolute Gasteiger partial charge is 0.322 e. The van der Waals surface area contributed by atoms with Crippen molar-refractivity contribution in [2.45, 2.75) is 6.04 Å². The van der Waals surface area contributed by atoms with Crippen molar-refractivity contribution in [3.63, 3.8) is 0 Å². The predicted octanol–water partition coefficient (Wildman–Crippen LogP) is 2.74. The number of likely N-dealkylation sites (N-methyl/N-ethyl adjacent to an activating group) is 1. The van der Waals surface area contributed by atoms with Crippen LogP contribution in [0.1, 0.15) is 0 Å². The average molecular weight is 395 g/mol. The van der Waals surface area contributed by atoms with E-state index in [0.29, 0.717) is 16.8 Å². The van der Waals surface area contributed by atoms with Crippen molar-refractivity contribution in [2.75, 3.05) is 31.7 Å². The average Bonchev–Trinajstić information content (AvgIpc) is 2.51. The number of hydrogen-bond donors (Lipinski definition) is 1. The van der Waals surface area contributed by atoms with Gasteiger partial charge >= 0.3 is 6.03 Å². The van der Waals surface area contributed by atoms with Crippen molar-refractivity contribution in [1.82, 2.24) is 9.21 Å². The number of urea groups is 1. The van der Waals surface area contributed by atoms with Gasteiger partial charge in [0.25, 0.3) is 0 Å². The number of rotatable bonds is 4. The second kappa shape index (κ2) is 7.24. The van der Waals surface area contributed by atoms with Crippen LogP contribution in [0.25, 0.3) is 11.1 Å². The van der Waals surface area contributed by atoms with Gasteiger partial charge in [0.1, 0.15) is 11.6 Å². The summed E-state index contributed by atoms with van der Waals surface area (Å²) in [7, 11) is -1.63. The first kappa shape index (κ1) is 19.2.